The van der Waals surface area contributed by atoms with E-state index in [2.05, 4.69) is 48.5 Å². The third-order valence-electron chi connectivity index (χ3n) is 27.1. The van der Waals surface area contributed by atoms with Gasteiger partial charge in [0.25, 0.3) is 0 Å². The summed E-state index contributed by atoms with van der Waals surface area (Å²) in [7, 11) is 0. The number of rotatable bonds is 2. The van der Waals surface area contributed by atoms with Crippen LogP contribution in [-0.4, -0.2) is 0 Å². The van der Waals surface area contributed by atoms with Gasteiger partial charge in [-0.3, -0.25) is 0 Å². The molecule has 5 aliphatic rings. The molecule has 326 valence electrons. The second-order valence-electron chi connectivity index (χ2n) is 27.4. The van der Waals surface area contributed by atoms with Crippen molar-refractivity contribution in [2.24, 2.45) is 0 Å². The van der Waals surface area contributed by atoms with E-state index in [4.69, 9.17) is 28.5 Å². The lowest BCUT2D eigenvalue weighted by atomic mass is 9.45. The smallest absolute Gasteiger partial charge is 0.0579 e. The highest BCUT2D eigenvalue weighted by atomic mass is 35.5. The van der Waals surface area contributed by atoms with Crippen molar-refractivity contribution in [2.75, 3.05) is 0 Å². The molecule has 4 aliphatic carbocycles. The summed E-state index contributed by atoms with van der Waals surface area (Å²) >= 11 is 15.9. The zero-order valence-electron chi connectivity index (χ0n) is 39.0. The average molecular weight is 985 g/mol. The van der Waals surface area contributed by atoms with E-state index in [1.807, 2.05) is 0 Å². The second kappa shape index (κ2) is 7.12. The third kappa shape index (κ3) is 1.71. The molecule has 0 amide bonds. The number of nitrogens with one attached hydrogen (secondary N) is 1. The topological polar surface area (TPSA) is 12.0 Å². The first-order chi connectivity index (χ1) is 38.3. The second-order valence-corrected chi connectivity index (χ2v) is 28.3. The minimum atomic E-state index is -0.576. The number of hydrogen-bond donors (Lipinski definition) is 1. The molecule has 0 aromatic heterocycles. The zero-order chi connectivity index (χ0) is 46.3. The van der Waals surface area contributed by atoms with Crippen molar-refractivity contribution in [2.45, 2.75) is 22.9 Å². The summed E-state index contributed by atoms with van der Waals surface area (Å²) < 4.78 is 0. The molecule has 1 saturated heterocycles. The molecule has 35 rings (SSSR count). The van der Waals surface area contributed by atoms with Crippen LogP contribution < -0.4 is 5.32 Å². The van der Waals surface area contributed by atoms with E-state index >= 15 is 0 Å². The zero-order valence-corrected chi connectivity index (χ0v) is 40.5. The van der Waals surface area contributed by atoms with Crippen molar-refractivity contribution in [3.05, 3.63) is 92.0 Å². The van der Waals surface area contributed by atoms with Crippen molar-refractivity contribution in [1.29, 1.82) is 0 Å². The molecule has 0 bridgehead atoms. The van der Waals surface area contributed by atoms with Gasteiger partial charge in [0.1, 0.15) is 0 Å². The van der Waals surface area contributed by atoms with Crippen LogP contribution in [-0.2, 0) is 10.8 Å². The molecule has 30 aromatic carbocycles. The molecule has 2 atom stereocenters. The molecule has 2 spiro atoms. The first kappa shape index (κ1) is 30.3. The van der Waals surface area contributed by atoms with E-state index in [1.54, 1.807) is 313 Å². The van der Waals surface area contributed by atoms with Crippen LogP contribution in [0.1, 0.15) is 45.5 Å². The molecular weight excluding hydrogens is 974 g/mol. The van der Waals surface area contributed by atoms with E-state index < -0.39 is 10.8 Å². The molecule has 3 heteroatoms. The Labute approximate surface area is 431 Å². The summed E-state index contributed by atoms with van der Waals surface area (Å²) in [5, 5.41) is 93.7. The molecule has 30 aromatic rings. The van der Waals surface area contributed by atoms with Gasteiger partial charge >= 0.3 is 0 Å². The van der Waals surface area contributed by atoms with Crippen LogP contribution in [0.3, 0.4) is 0 Å². The monoisotopic (exact) mass is 983 g/mol. The maximum Gasteiger partial charge on any atom is 0.0579 e. The van der Waals surface area contributed by atoms with E-state index in [0.717, 1.165) is 10.0 Å². The van der Waals surface area contributed by atoms with Gasteiger partial charge in [0.2, 0.25) is 0 Å². The van der Waals surface area contributed by atoms with Crippen molar-refractivity contribution >= 4 is 314 Å². The molecule has 1 N–H and O–H groups in total. The molecule has 1 nitrogen and oxygen atoms in total. The first-order valence-electron chi connectivity index (χ1n) is 28.3. The molecule has 0 saturated carbocycles. The maximum atomic E-state index is 7.96. The molecule has 0 radical (unpaired) electrons. The maximum absolute atomic E-state index is 7.96. The van der Waals surface area contributed by atoms with Gasteiger partial charge in [0.05, 0.1) is 10.8 Å². The Kier molecular flexibility index (Phi) is 2.80. The van der Waals surface area contributed by atoms with Gasteiger partial charge < -0.3 is 5.32 Å². The van der Waals surface area contributed by atoms with Gasteiger partial charge in [-0.2, -0.15) is 0 Å². The third-order valence-corrected chi connectivity index (χ3v) is 27.8. The van der Waals surface area contributed by atoms with Crippen LogP contribution in [0.4, 0.5) is 0 Å². The van der Waals surface area contributed by atoms with Crippen LogP contribution in [0.15, 0.2) is 48.5 Å². The minimum Gasteiger partial charge on any atom is -0.301 e. The van der Waals surface area contributed by atoms with Gasteiger partial charge in [-0.25, -0.2) is 0 Å². The fraction of sp³-hybridized carbons (Fsp3) is 0.0541. The Morgan fingerprint density at radius 1 is 0.208 bits per heavy atom. The van der Waals surface area contributed by atoms with E-state index in [-0.39, 0.29) is 12.1 Å². The van der Waals surface area contributed by atoms with Gasteiger partial charge in [-0.1, -0.05) is 59.6 Å². The quantitative estimate of drug-likeness (QED) is 0.170. The van der Waals surface area contributed by atoms with Crippen molar-refractivity contribution < 1.29 is 0 Å². The SMILES string of the molecule is Clc1ccccc1C1NC(c2ccccc2Cl)C23c4c5c6c7c8c9c(c%10c%11c2c2c4c4c%12c5c5c6c6c8c8c%13c9c9c%10c%10c%11c%11c2c2c4c4c%12c%12c5c5c6c8c6c8c%13c9c9c%10c%10c%11c2c2c4c4c%12c5c6c5c8c9c%10c2c45)C713. The fourth-order valence-electron chi connectivity index (χ4n) is 26.9. The predicted octanol–water partition coefficient (Wildman–Crippen LogP) is 20.7. The fourth-order valence-corrected chi connectivity index (χ4v) is 27.4. The number of halogens is 2. The average Bonchev–Trinajstić information content (AvgIpc) is 2.84. The molecule has 1 aliphatic heterocycles. The lowest BCUT2D eigenvalue weighted by molar-refractivity contribution is 0.334. The van der Waals surface area contributed by atoms with Crippen LogP contribution in [0.2, 0.25) is 10.0 Å². The normalized spacial score (nSPS) is 23.5. The summed E-state index contributed by atoms with van der Waals surface area (Å²) in [6, 6.07) is 17.8. The summed E-state index contributed by atoms with van der Waals surface area (Å²) in [6.07, 6.45) is 0. The number of hydrogen-bond acceptors (Lipinski definition) is 1. The van der Waals surface area contributed by atoms with Gasteiger partial charge in [-0.05, 0) is 336 Å². The highest BCUT2D eigenvalue weighted by molar-refractivity contribution is 6.82. The molecule has 77 heavy (non-hydrogen) atoms. The van der Waals surface area contributed by atoms with E-state index in [9.17, 15) is 0 Å². The summed E-state index contributed by atoms with van der Waals surface area (Å²) in [5.41, 5.74) is 7.85. The molecule has 2 unspecified atom stereocenters. The highest BCUT2D eigenvalue weighted by Gasteiger charge is 2.78. The van der Waals surface area contributed by atoms with Crippen LogP contribution in [0, 0.1) is 0 Å². The Bertz CT molecular complexity index is 7250. The van der Waals surface area contributed by atoms with Crippen molar-refractivity contribution in [3.63, 3.8) is 0 Å². The van der Waals surface area contributed by atoms with Gasteiger partial charge in [0.15, 0.2) is 0 Å². The molecule has 1 fully saturated rings. The Morgan fingerprint density at radius 3 is 0.506 bits per heavy atom. The van der Waals surface area contributed by atoms with Crippen molar-refractivity contribution in [1.82, 2.24) is 5.32 Å². The molecular formula is C74H11Cl2N. The standard InChI is InChI=1S/C74H11Cl2N/c75-11-7-3-1-5-9(11)71-73-67-59-51-41-31-23-15-13-14-17-21-19(15)27-35-29(21)39-33-25(17)26-18(14)22-20-16(13)24(23)32-38-28(20)36-30(22)40-34(26)44-43(33)53-47(39)57-49(35)55(45(51)37(27)31)63(67)65(57)69-61(53)62-54(44)48(40)58-50(36)56-46(38)52(42(32)41)60(59)68(73)64(56)66(58)70(62)74(69,73)72(77-71)10-6-2-4-8-12(10)76/h1-8,71-72,77H. The number of benzene rings is 20. The Morgan fingerprint density at radius 2 is 0.351 bits per heavy atom. The van der Waals surface area contributed by atoms with Gasteiger partial charge in [-0.15, -0.1) is 0 Å². The predicted molar refractivity (Wildman–Crippen MR) is 325 cm³/mol. The lowest BCUT2D eigenvalue weighted by Gasteiger charge is -2.53. The largest absolute Gasteiger partial charge is 0.301 e. The van der Waals surface area contributed by atoms with Gasteiger partial charge in [0, 0.05) is 22.1 Å². The minimum absolute atomic E-state index is 0.159. The lowest BCUT2D eigenvalue weighted by Crippen LogP contribution is -2.52. The summed E-state index contributed by atoms with van der Waals surface area (Å²) in [5.74, 6) is 0. The van der Waals surface area contributed by atoms with E-state index in [0.29, 0.717) is 0 Å². The highest BCUT2D eigenvalue weighted by Crippen LogP contribution is 2.88. The summed E-state index contributed by atoms with van der Waals surface area (Å²) in [4.78, 5) is 0. The van der Waals surface area contributed by atoms with E-state index in [1.165, 1.54) is 11.1 Å². The molecule has 1 heterocycles. The Balaban J connectivity index is 1.12. The summed E-state index contributed by atoms with van der Waals surface area (Å²) in [6.45, 7) is 0. The van der Waals surface area contributed by atoms with Crippen LogP contribution in [0.25, 0.3) is 291 Å². The van der Waals surface area contributed by atoms with Crippen LogP contribution >= 0.6 is 23.2 Å². The first-order valence-corrected chi connectivity index (χ1v) is 29.0. The Hall–Kier alpha value is -8.56. The van der Waals surface area contributed by atoms with Crippen LogP contribution in [0.5, 0.6) is 0 Å². The van der Waals surface area contributed by atoms with Crippen molar-refractivity contribution in [3.8, 4) is 0 Å².